The zero-order chi connectivity index (χ0) is 17.1. The number of nitrogens with zero attached hydrogens (tertiary/aromatic N) is 1. The quantitative estimate of drug-likeness (QED) is 0.232. The number of nitrogens with one attached hydrogen (secondary N) is 1. The Kier molecular flexibility index (Phi) is 8.45. The van der Waals surface area contributed by atoms with Crippen LogP contribution in [0.15, 0.2) is 23.3 Å². The number of methoxy groups -OCH3 is 1. The van der Waals surface area contributed by atoms with Crippen LogP contribution < -0.4 is 20.6 Å². The van der Waals surface area contributed by atoms with Crippen LogP contribution in [0, 0.1) is 0 Å². The minimum absolute atomic E-state index is 0.0704. The molecule has 0 radical (unpaired) electrons. The summed E-state index contributed by atoms with van der Waals surface area (Å²) in [4.78, 5) is 11.3. The molecular weight excluding hydrogens is 318 g/mol. The van der Waals surface area contributed by atoms with E-state index >= 15 is 0 Å². The van der Waals surface area contributed by atoms with E-state index in [4.69, 9.17) is 19.9 Å². The van der Waals surface area contributed by atoms with Crippen molar-refractivity contribution in [2.24, 2.45) is 10.8 Å². The summed E-state index contributed by atoms with van der Waals surface area (Å²) in [6.45, 7) is 2.50. The maximum Gasteiger partial charge on any atom is 0.305 e. The van der Waals surface area contributed by atoms with Crippen molar-refractivity contribution in [2.45, 2.75) is 19.8 Å². The molecule has 0 saturated heterocycles. The van der Waals surface area contributed by atoms with E-state index in [-0.39, 0.29) is 11.1 Å². The number of para-hydroxylation sites is 1. The predicted octanol–water partition coefficient (Wildman–Crippen LogP) is 1.58. The molecule has 0 aromatic heterocycles. The Morgan fingerprint density at radius 2 is 2.26 bits per heavy atom. The lowest BCUT2D eigenvalue weighted by Crippen LogP contribution is -2.24. The molecule has 1 aromatic carbocycles. The van der Waals surface area contributed by atoms with E-state index in [1.165, 1.54) is 6.21 Å². The summed E-state index contributed by atoms with van der Waals surface area (Å²) >= 11 is 4.68. The Bertz CT molecular complexity index is 564. The van der Waals surface area contributed by atoms with Crippen molar-refractivity contribution in [3.8, 4) is 11.5 Å². The van der Waals surface area contributed by atoms with Gasteiger partial charge in [0.1, 0.15) is 0 Å². The van der Waals surface area contributed by atoms with Crippen LogP contribution in [0.25, 0.3) is 0 Å². The predicted molar refractivity (Wildman–Crippen MR) is 91.9 cm³/mol. The molecule has 0 aliphatic rings. The summed E-state index contributed by atoms with van der Waals surface area (Å²) in [7, 11) is 1.55. The number of rotatable bonds is 9. The summed E-state index contributed by atoms with van der Waals surface area (Å²) in [5.74, 6) is 0.867. The number of nitrogens with two attached hydrogens (primary N) is 1. The standard InChI is InChI=1S/C15H21N3O4S/c1-3-21-13(19)8-5-9-22-14-11(10-17-18-15(16)23)6-4-7-12(14)20-2/h4,6-7,10H,3,5,8-9H2,1-2H3,(H3,16,18,23). The van der Waals surface area contributed by atoms with Crippen molar-refractivity contribution < 1.29 is 19.0 Å². The molecule has 0 saturated carbocycles. The second kappa shape index (κ2) is 10.4. The lowest BCUT2D eigenvalue weighted by atomic mass is 10.2. The van der Waals surface area contributed by atoms with E-state index < -0.39 is 0 Å². The lowest BCUT2D eigenvalue weighted by Gasteiger charge is -2.13. The number of carbonyl (C=O) groups excluding carboxylic acids is 1. The zero-order valence-electron chi connectivity index (χ0n) is 13.2. The highest BCUT2D eigenvalue weighted by atomic mass is 32.1. The fourth-order valence-corrected chi connectivity index (χ4v) is 1.79. The molecule has 0 bridgehead atoms. The highest BCUT2D eigenvalue weighted by molar-refractivity contribution is 7.80. The average Bonchev–Trinajstić information content (AvgIpc) is 2.52. The van der Waals surface area contributed by atoms with Crippen LogP contribution >= 0.6 is 12.2 Å². The van der Waals surface area contributed by atoms with E-state index in [9.17, 15) is 4.79 Å². The first kappa shape index (κ1) is 18.7. The monoisotopic (exact) mass is 339 g/mol. The zero-order valence-corrected chi connectivity index (χ0v) is 14.0. The molecule has 1 rings (SSSR count). The molecule has 0 heterocycles. The molecule has 0 atom stereocenters. The summed E-state index contributed by atoms with van der Waals surface area (Å²) in [6, 6.07) is 5.40. The maximum atomic E-state index is 11.3. The number of hydrogen-bond acceptors (Lipinski definition) is 6. The SMILES string of the molecule is CCOC(=O)CCCOc1c(C=NNC(N)=S)cccc1OC. The van der Waals surface area contributed by atoms with Crippen molar-refractivity contribution in [1.29, 1.82) is 0 Å². The van der Waals surface area contributed by atoms with Gasteiger partial charge < -0.3 is 19.9 Å². The van der Waals surface area contributed by atoms with E-state index in [1.807, 2.05) is 12.1 Å². The largest absolute Gasteiger partial charge is 0.493 e. The first-order chi connectivity index (χ1) is 11.1. The third kappa shape index (κ3) is 6.96. The summed E-state index contributed by atoms with van der Waals surface area (Å²) in [5.41, 5.74) is 8.48. The Hall–Kier alpha value is -2.35. The second-order valence-electron chi connectivity index (χ2n) is 4.37. The first-order valence-electron chi connectivity index (χ1n) is 7.12. The molecule has 8 heteroatoms. The van der Waals surface area contributed by atoms with Gasteiger partial charge in [0.15, 0.2) is 16.6 Å². The first-order valence-corrected chi connectivity index (χ1v) is 7.53. The maximum absolute atomic E-state index is 11.3. The Labute approximate surface area is 140 Å². The fraction of sp³-hybridized carbons (Fsp3) is 0.400. The van der Waals surface area contributed by atoms with Crippen LogP contribution in [-0.2, 0) is 9.53 Å². The topological polar surface area (TPSA) is 95.2 Å². The van der Waals surface area contributed by atoms with Gasteiger partial charge in [0.2, 0.25) is 0 Å². The van der Waals surface area contributed by atoms with Crippen LogP contribution in [0.3, 0.4) is 0 Å². The van der Waals surface area contributed by atoms with Crippen LogP contribution in [0.2, 0.25) is 0 Å². The number of esters is 1. The van der Waals surface area contributed by atoms with Gasteiger partial charge in [-0.1, -0.05) is 6.07 Å². The normalized spacial score (nSPS) is 10.3. The van der Waals surface area contributed by atoms with Crippen LogP contribution in [0.5, 0.6) is 11.5 Å². The summed E-state index contributed by atoms with van der Waals surface area (Å²) in [6.07, 6.45) is 2.37. The van der Waals surface area contributed by atoms with E-state index in [2.05, 4.69) is 22.7 Å². The van der Waals surface area contributed by atoms with Gasteiger partial charge in [0.05, 0.1) is 26.5 Å². The minimum Gasteiger partial charge on any atom is -0.493 e. The number of thiocarbonyl (C=S) groups is 1. The molecule has 0 spiro atoms. The van der Waals surface area contributed by atoms with Gasteiger partial charge in [-0.15, -0.1) is 0 Å². The molecule has 0 unspecified atom stereocenters. The molecule has 0 fully saturated rings. The van der Waals surface area contributed by atoms with Crippen molar-refractivity contribution in [2.75, 3.05) is 20.3 Å². The molecule has 0 amide bonds. The number of hydrogen-bond donors (Lipinski definition) is 2. The van der Waals surface area contributed by atoms with Crippen molar-refractivity contribution in [1.82, 2.24) is 5.43 Å². The third-order valence-electron chi connectivity index (χ3n) is 2.68. The summed E-state index contributed by atoms with van der Waals surface area (Å²) in [5, 5.41) is 3.98. The van der Waals surface area contributed by atoms with Crippen LogP contribution in [-0.4, -0.2) is 37.6 Å². The third-order valence-corrected chi connectivity index (χ3v) is 2.78. The molecule has 1 aromatic rings. The van der Waals surface area contributed by atoms with Crippen LogP contribution in [0.4, 0.5) is 0 Å². The number of benzene rings is 1. The van der Waals surface area contributed by atoms with Gasteiger partial charge >= 0.3 is 5.97 Å². The smallest absolute Gasteiger partial charge is 0.305 e. The molecule has 126 valence electrons. The Balaban J connectivity index is 2.69. The Morgan fingerprint density at radius 3 is 2.91 bits per heavy atom. The van der Waals surface area contributed by atoms with Crippen LogP contribution in [0.1, 0.15) is 25.3 Å². The highest BCUT2D eigenvalue weighted by Gasteiger charge is 2.10. The lowest BCUT2D eigenvalue weighted by molar-refractivity contribution is -0.143. The van der Waals surface area contributed by atoms with Gasteiger partial charge in [0, 0.05) is 12.0 Å². The number of hydrazone groups is 1. The molecule has 0 aliphatic heterocycles. The van der Waals surface area contributed by atoms with Crippen molar-refractivity contribution in [3.63, 3.8) is 0 Å². The van der Waals surface area contributed by atoms with Gasteiger partial charge in [-0.05, 0) is 37.7 Å². The Morgan fingerprint density at radius 1 is 1.48 bits per heavy atom. The van der Waals surface area contributed by atoms with Crippen molar-refractivity contribution in [3.05, 3.63) is 23.8 Å². The van der Waals surface area contributed by atoms with Gasteiger partial charge in [0.25, 0.3) is 0 Å². The molecule has 0 aliphatic carbocycles. The van der Waals surface area contributed by atoms with E-state index in [0.717, 1.165) is 0 Å². The number of carbonyl (C=O) groups is 1. The number of ether oxygens (including phenoxy) is 3. The van der Waals surface area contributed by atoms with Crippen molar-refractivity contribution >= 4 is 29.5 Å². The second-order valence-corrected chi connectivity index (χ2v) is 4.81. The molecule has 7 nitrogen and oxygen atoms in total. The molecule has 23 heavy (non-hydrogen) atoms. The van der Waals surface area contributed by atoms with Gasteiger partial charge in [-0.25, -0.2) is 0 Å². The minimum atomic E-state index is -0.237. The van der Waals surface area contributed by atoms with Gasteiger partial charge in [-0.3, -0.25) is 10.2 Å². The van der Waals surface area contributed by atoms with Gasteiger partial charge in [-0.2, -0.15) is 5.10 Å². The molecular formula is C15H21N3O4S. The summed E-state index contributed by atoms with van der Waals surface area (Å²) < 4.78 is 15.9. The fourth-order valence-electron chi connectivity index (χ4n) is 1.74. The average molecular weight is 339 g/mol. The van der Waals surface area contributed by atoms with E-state index in [1.54, 1.807) is 20.1 Å². The highest BCUT2D eigenvalue weighted by Crippen LogP contribution is 2.30. The molecule has 3 N–H and O–H groups in total. The van der Waals surface area contributed by atoms with E-state index in [0.29, 0.717) is 43.1 Å².